The SMILES string of the molecule is CCOc1cccc(NC(=O)/C(C#N)=C/c2ccc(-c3cc([N+](=O)[O-])ccc3Cl)o2)c1. The number of nitrogens with zero attached hydrogens (tertiary/aromatic N) is 2. The van der Waals surface area contributed by atoms with E-state index < -0.39 is 10.8 Å². The van der Waals surface area contributed by atoms with E-state index in [2.05, 4.69) is 5.32 Å². The number of anilines is 1. The van der Waals surface area contributed by atoms with Crippen LogP contribution in [0.5, 0.6) is 5.75 Å². The molecule has 1 aromatic heterocycles. The van der Waals surface area contributed by atoms with Crippen molar-refractivity contribution < 1.29 is 18.9 Å². The molecule has 8 nitrogen and oxygen atoms in total. The van der Waals surface area contributed by atoms with Gasteiger partial charge in [-0.05, 0) is 37.3 Å². The Bertz CT molecular complexity index is 1210. The second kappa shape index (κ2) is 9.61. The standard InChI is InChI=1S/C22H16ClN3O5/c1-2-30-17-5-3-4-15(11-17)25-22(27)14(13-24)10-18-7-9-21(31-18)19-12-16(26(28)29)6-8-20(19)23/h3-12H,2H2,1H3,(H,25,27)/b14-10+. The van der Waals surface area contributed by atoms with Gasteiger partial charge in [-0.25, -0.2) is 0 Å². The Balaban J connectivity index is 1.83. The van der Waals surface area contributed by atoms with Gasteiger partial charge in [0.25, 0.3) is 11.6 Å². The largest absolute Gasteiger partial charge is 0.494 e. The molecule has 0 aliphatic heterocycles. The summed E-state index contributed by atoms with van der Waals surface area (Å²) in [5.74, 6) is 0.448. The van der Waals surface area contributed by atoms with Crippen LogP contribution < -0.4 is 10.1 Å². The van der Waals surface area contributed by atoms with Gasteiger partial charge in [0, 0.05) is 35.5 Å². The van der Waals surface area contributed by atoms with Crippen molar-refractivity contribution in [1.82, 2.24) is 0 Å². The molecule has 0 unspecified atom stereocenters. The van der Waals surface area contributed by atoms with E-state index in [9.17, 15) is 20.2 Å². The summed E-state index contributed by atoms with van der Waals surface area (Å²) < 4.78 is 11.0. The summed E-state index contributed by atoms with van der Waals surface area (Å²) >= 11 is 6.13. The highest BCUT2D eigenvalue weighted by Crippen LogP contribution is 2.33. The van der Waals surface area contributed by atoms with Gasteiger partial charge < -0.3 is 14.5 Å². The summed E-state index contributed by atoms with van der Waals surface area (Å²) in [6.07, 6.45) is 1.27. The van der Waals surface area contributed by atoms with Gasteiger partial charge in [-0.15, -0.1) is 0 Å². The molecule has 0 radical (unpaired) electrons. The lowest BCUT2D eigenvalue weighted by Crippen LogP contribution is -2.13. The van der Waals surface area contributed by atoms with E-state index in [0.717, 1.165) is 0 Å². The smallest absolute Gasteiger partial charge is 0.270 e. The van der Waals surface area contributed by atoms with E-state index in [4.69, 9.17) is 20.8 Å². The number of nitrogens with one attached hydrogen (secondary N) is 1. The molecule has 0 saturated heterocycles. The molecule has 0 saturated carbocycles. The first-order valence-corrected chi connectivity index (χ1v) is 9.49. The first-order chi connectivity index (χ1) is 14.9. The quantitative estimate of drug-likeness (QED) is 0.227. The number of hydrogen-bond donors (Lipinski definition) is 1. The van der Waals surface area contributed by atoms with Crippen LogP contribution in [-0.4, -0.2) is 17.4 Å². The third kappa shape index (κ3) is 5.29. The van der Waals surface area contributed by atoms with E-state index in [0.29, 0.717) is 23.6 Å². The Morgan fingerprint density at radius 2 is 2.10 bits per heavy atom. The molecule has 1 amide bonds. The molecule has 0 fully saturated rings. The van der Waals surface area contributed by atoms with Gasteiger partial charge in [0.1, 0.15) is 28.9 Å². The number of halogens is 1. The minimum absolute atomic E-state index is 0.140. The fourth-order valence-electron chi connectivity index (χ4n) is 2.71. The lowest BCUT2D eigenvalue weighted by Gasteiger charge is -2.07. The van der Waals surface area contributed by atoms with Crippen molar-refractivity contribution in [2.24, 2.45) is 0 Å². The number of ether oxygens (including phenoxy) is 1. The van der Waals surface area contributed by atoms with Crippen LogP contribution in [0.2, 0.25) is 5.02 Å². The van der Waals surface area contributed by atoms with E-state index in [1.54, 1.807) is 30.3 Å². The highest BCUT2D eigenvalue weighted by Gasteiger charge is 2.15. The molecule has 31 heavy (non-hydrogen) atoms. The van der Waals surface area contributed by atoms with E-state index in [1.165, 1.54) is 30.3 Å². The molecule has 0 aliphatic rings. The van der Waals surface area contributed by atoms with Gasteiger partial charge in [0.15, 0.2) is 0 Å². The van der Waals surface area contributed by atoms with Crippen LogP contribution in [0.3, 0.4) is 0 Å². The molecule has 0 atom stereocenters. The molecule has 0 spiro atoms. The molecule has 156 valence electrons. The molecule has 1 N–H and O–H groups in total. The Hall–Kier alpha value is -4.09. The molecular formula is C22H16ClN3O5. The van der Waals surface area contributed by atoms with E-state index in [1.807, 2.05) is 13.0 Å². The van der Waals surface area contributed by atoms with Crippen molar-refractivity contribution >= 4 is 35.0 Å². The zero-order valence-corrected chi connectivity index (χ0v) is 17.1. The van der Waals surface area contributed by atoms with Gasteiger partial charge in [0.2, 0.25) is 0 Å². The Morgan fingerprint density at radius 1 is 1.29 bits per heavy atom. The van der Waals surface area contributed by atoms with E-state index >= 15 is 0 Å². The van der Waals surface area contributed by atoms with Crippen molar-refractivity contribution in [2.45, 2.75) is 6.92 Å². The first-order valence-electron chi connectivity index (χ1n) is 9.11. The summed E-state index contributed by atoms with van der Waals surface area (Å²) in [4.78, 5) is 22.9. The predicted octanol–water partition coefficient (Wildman–Crippen LogP) is 5.45. The van der Waals surface area contributed by atoms with Gasteiger partial charge in [-0.1, -0.05) is 17.7 Å². The maximum absolute atomic E-state index is 12.5. The number of furan rings is 1. The van der Waals surface area contributed by atoms with Gasteiger partial charge >= 0.3 is 0 Å². The van der Waals surface area contributed by atoms with Crippen LogP contribution >= 0.6 is 11.6 Å². The molecule has 3 aromatic rings. The molecule has 1 heterocycles. The fourth-order valence-corrected chi connectivity index (χ4v) is 2.92. The maximum atomic E-state index is 12.5. The fraction of sp³-hybridized carbons (Fsp3) is 0.0909. The van der Waals surface area contributed by atoms with Gasteiger partial charge in [0.05, 0.1) is 16.6 Å². The molecule has 0 aliphatic carbocycles. The zero-order valence-electron chi connectivity index (χ0n) is 16.3. The lowest BCUT2D eigenvalue weighted by atomic mass is 10.1. The highest BCUT2D eigenvalue weighted by atomic mass is 35.5. The van der Waals surface area contributed by atoms with Gasteiger partial charge in [-0.3, -0.25) is 14.9 Å². The van der Waals surface area contributed by atoms with Crippen molar-refractivity contribution in [3.63, 3.8) is 0 Å². The van der Waals surface area contributed by atoms with Crippen LogP contribution in [0.1, 0.15) is 12.7 Å². The highest BCUT2D eigenvalue weighted by molar-refractivity contribution is 6.33. The zero-order chi connectivity index (χ0) is 22.4. The number of nitro groups is 1. The minimum atomic E-state index is -0.623. The number of hydrogen-bond acceptors (Lipinski definition) is 6. The Labute approximate surface area is 182 Å². The van der Waals surface area contributed by atoms with Crippen molar-refractivity contribution in [1.29, 1.82) is 5.26 Å². The monoisotopic (exact) mass is 437 g/mol. The van der Waals surface area contributed by atoms with E-state index in [-0.39, 0.29) is 27.8 Å². The van der Waals surface area contributed by atoms with Crippen LogP contribution in [0.25, 0.3) is 17.4 Å². The molecule has 3 rings (SSSR count). The molecule has 2 aromatic carbocycles. The number of rotatable bonds is 7. The van der Waals surface area contributed by atoms with Crippen molar-refractivity contribution in [3.05, 3.63) is 81.1 Å². The molecular weight excluding hydrogens is 422 g/mol. The summed E-state index contributed by atoms with van der Waals surface area (Å²) in [6.45, 7) is 2.33. The lowest BCUT2D eigenvalue weighted by molar-refractivity contribution is -0.384. The minimum Gasteiger partial charge on any atom is -0.494 e. The topological polar surface area (TPSA) is 118 Å². The summed E-state index contributed by atoms with van der Waals surface area (Å²) in [5, 5.41) is 23.3. The number of carbonyl (C=O) groups excluding carboxylic acids is 1. The number of benzene rings is 2. The number of nitriles is 1. The number of carbonyl (C=O) groups is 1. The predicted molar refractivity (Wildman–Crippen MR) is 116 cm³/mol. The average Bonchev–Trinajstić information content (AvgIpc) is 3.21. The third-order valence-electron chi connectivity index (χ3n) is 4.11. The Kier molecular flexibility index (Phi) is 6.70. The molecule has 9 heteroatoms. The van der Waals surface area contributed by atoms with Crippen molar-refractivity contribution in [3.8, 4) is 23.1 Å². The number of amides is 1. The normalized spacial score (nSPS) is 10.9. The van der Waals surface area contributed by atoms with Crippen LogP contribution in [0.15, 0.2) is 64.6 Å². The third-order valence-corrected chi connectivity index (χ3v) is 4.44. The molecule has 0 bridgehead atoms. The summed E-state index contributed by atoms with van der Waals surface area (Å²) in [6, 6.07) is 15.7. The van der Waals surface area contributed by atoms with Crippen molar-refractivity contribution in [2.75, 3.05) is 11.9 Å². The summed E-state index contributed by atoms with van der Waals surface area (Å²) in [5.41, 5.74) is 0.471. The second-order valence-corrected chi connectivity index (χ2v) is 6.62. The van der Waals surface area contributed by atoms with Crippen LogP contribution in [-0.2, 0) is 4.79 Å². The number of non-ortho nitro benzene ring substituents is 1. The summed E-state index contributed by atoms with van der Waals surface area (Å²) in [7, 11) is 0. The number of nitro benzene ring substituents is 1. The van der Waals surface area contributed by atoms with Gasteiger partial charge in [-0.2, -0.15) is 5.26 Å². The average molecular weight is 438 g/mol. The maximum Gasteiger partial charge on any atom is 0.270 e. The first kappa shape index (κ1) is 21.6. The van der Waals surface area contributed by atoms with Crippen LogP contribution in [0.4, 0.5) is 11.4 Å². The second-order valence-electron chi connectivity index (χ2n) is 6.21. The Morgan fingerprint density at radius 3 is 2.81 bits per heavy atom. The van der Waals surface area contributed by atoms with Crippen LogP contribution in [0, 0.1) is 21.4 Å².